The predicted molar refractivity (Wildman–Crippen MR) is 75.7 cm³/mol. The first-order valence-corrected chi connectivity index (χ1v) is 5.88. The zero-order valence-electron chi connectivity index (χ0n) is 10.5. The number of rotatable bonds is 3. The quantitative estimate of drug-likeness (QED) is 0.888. The van der Waals surface area contributed by atoms with Crippen LogP contribution in [0.25, 0.3) is 0 Å². The Labute approximate surface area is 115 Å². The second kappa shape index (κ2) is 6.60. The number of aliphatic hydroxyl groups is 1. The van der Waals surface area contributed by atoms with Gasteiger partial charge in [-0.3, -0.25) is 0 Å². The van der Waals surface area contributed by atoms with Gasteiger partial charge in [0.15, 0.2) is 0 Å². The molecule has 1 rings (SSSR count). The van der Waals surface area contributed by atoms with Crippen molar-refractivity contribution in [3.63, 3.8) is 0 Å². The van der Waals surface area contributed by atoms with E-state index in [1.54, 1.807) is 6.07 Å². The second-order valence-electron chi connectivity index (χ2n) is 5.25. The highest BCUT2D eigenvalue weighted by atomic mass is 35.5. The lowest BCUT2D eigenvalue weighted by atomic mass is 9.83. The maximum absolute atomic E-state index is 10.1. The van der Waals surface area contributed by atoms with Crippen molar-refractivity contribution >= 4 is 24.0 Å². The van der Waals surface area contributed by atoms with E-state index in [4.69, 9.17) is 17.3 Å². The van der Waals surface area contributed by atoms with Crippen LogP contribution in [-0.2, 0) is 0 Å². The minimum Gasteiger partial charge on any atom is -0.388 e. The Bertz CT molecular complexity index is 350. The van der Waals surface area contributed by atoms with Crippen LogP contribution in [0.3, 0.4) is 0 Å². The Morgan fingerprint density at radius 3 is 2.29 bits per heavy atom. The Kier molecular flexibility index (Phi) is 6.49. The third-order valence-corrected chi connectivity index (χ3v) is 3.20. The highest BCUT2D eigenvalue weighted by Gasteiger charge is 2.24. The van der Waals surface area contributed by atoms with Gasteiger partial charge in [0.05, 0.1) is 6.10 Å². The number of aliphatic hydroxyl groups excluding tert-OH is 1. The molecule has 2 atom stereocenters. The number of nitrogens with two attached hydrogens (primary N) is 1. The molecule has 0 bridgehead atoms. The van der Waals surface area contributed by atoms with E-state index in [-0.39, 0.29) is 23.9 Å². The van der Waals surface area contributed by atoms with Crippen molar-refractivity contribution in [3.8, 4) is 0 Å². The Hall–Kier alpha value is -0.280. The maximum atomic E-state index is 10.1. The van der Waals surface area contributed by atoms with Crippen molar-refractivity contribution in [1.82, 2.24) is 0 Å². The molecule has 0 fully saturated rings. The number of hydrogen-bond acceptors (Lipinski definition) is 2. The van der Waals surface area contributed by atoms with Gasteiger partial charge in [-0.2, -0.15) is 0 Å². The van der Waals surface area contributed by atoms with Crippen LogP contribution < -0.4 is 5.73 Å². The molecule has 0 heterocycles. The Morgan fingerprint density at radius 2 is 1.82 bits per heavy atom. The fourth-order valence-corrected chi connectivity index (χ4v) is 1.73. The van der Waals surface area contributed by atoms with Crippen LogP contribution in [0.4, 0.5) is 0 Å². The summed E-state index contributed by atoms with van der Waals surface area (Å²) < 4.78 is 0. The lowest BCUT2D eigenvalue weighted by Crippen LogP contribution is -2.36. The van der Waals surface area contributed by atoms with E-state index in [0.717, 1.165) is 5.56 Å². The first-order chi connectivity index (χ1) is 7.32. The molecule has 0 aliphatic carbocycles. The largest absolute Gasteiger partial charge is 0.388 e. The molecule has 98 valence electrons. The molecule has 1 aromatic rings. The third kappa shape index (κ3) is 4.84. The molecule has 0 spiro atoms. The van der Waals surface area contributed by atoms with Crippen molar-refractivity contribution in [2.45, 2.75) is 39.3 Å². The van der Waals surface area contributed by atoms with Crippen LogP contribution in [0.1, 0.15) is 38.9 Å². The lowest BCUT2D eigenvalue weighted by molar-refractivity contribution is 0.133. The van der Waals surface area contributed by atoms with Gasteiger partial charge in [-0.25, -0.2) is 0 Å². The molecule has 0 amide bonds. The normalized spacial score (nSPS) is 14.9. The van der Waals surface area contributed by atoms with E-state index in [1.165, 1.54) is 0 Å². The minimum atomic E-state index is -0.595. The molecule has 0 aliphatic rings. The monoisotopic (exact) mass is 277 g/mol. The molecule has 17 heavy (non-hydrogen) atoms. The summed E-state index contributed by atoms with van der Waals surface area (Å²) in [6.45, 7) is 6.20. The fourth-order valence-electron chi connectivity index (χ4n) is 1.47. The molecule has 0 saturated carbocycles. The van der Waals surface area contributed by atoms with Crippen LogP contribution >= 0.6 is 24.0 Å². The molecule has 2 nitrogen and oxygen atoms in total. The molecule has 3 N–H and O–H groups in total. The molecule has 0 saturated heterocycles. The standard InChI is InChI=1S/C13H20ClNO.ClH/c1-13(2,3)12(15)8-11(16)9-6-4-5-7-10(9)14;/h4-7,11-12,16H,8,15H2,1-3H3;1H/t11-,12-;/m0./s1. The summed E-state index contributed by atoms with van der Waals surface area (Å²) >= 11 is 6.02. The van der Waals surface area contributed by atoms with E-state index in [1.807, 2.05) is 18.2 Å². The molecular weight excluding hydrogens is 257 g/mol. The molecule has 0 aliphatic heterocycles. The zero-order chi connectivity index (χ0) is 12.3. The summed E-state index contributed by atoms with van der Waals surface area (Å²) in [6, 6.07) is 7.28. The van der Waals surface area contributed by atoms with Gasteiger partial charge in [-0.1, -0.05) is 50.6 Å². The van der Waals surface area contributed by atoms with Gasteiger partial charge in [0.1, 0.15) is 0 Å². The predicted octanol–water partition coefficient (Wildman–Crippen LogP) is 3.56. The molecule has 1 aromatic carbocycles. The lowest BCUT2D eigenvalue weighted by Gasteiger charge is -2.29. The van der Waals surface area contributed by atoms with Gasteiger partial charge in [0, 0.05) is 11.1 Å². The van der Waals surface area contributed by atoms with Gasteiger partial charge in [0.2, 0.25) is 0 Å². The van der Waals surface area contributed by atoms with Crippen molar-refractivity contribution in [2.24, 2.45) is 11.1 Å². The Balaban J connectivity index is 0.00000256. The third-order valence-electron chi connectivity index (χ3n) is 2.85. The SMILES string of the molecule is CC(C)(C)[C@@H](N)C[C@H](O)c1ccccc1Cl.Cl. The summed E-state index contributed by atoms with van der Waals surface area (Å²) in [5.41, 5.74) is 6.78. The van der Waals surface area contributed by atoms with Crippen molar-refractivity contribution in [2.75, 3.05) is 0 Å². The molecular formula is C13H21Cl2NO. The summed E-state index contributed by atoms with van der Waals surface area (Å²) in [6.07, 6.45) is -0.0734. The van der Waals surface area contributed by atoms with Crippen LogP contribution in [0, 0.1) is 5.41 Å². The van der Waals surface area contributed by atoms with Crippen molar-refractivity contribution in [1.29, 1.82) is 0 Å². The average Bonchev–Trinajstić information content (AvgIpc) is 2.16. The zero-order valence-corrected chi connectivity index (χ0v) is 12.1. The minimum absolute atomic E-state index is 0. The summed E-state index contributed by atoms with van der Waals surface area (Å²) in [5, 5.41) is 10.7. The van der Waals surface area contributed by atoms with E-state index >= 15 is 0 Å². The van der Waals surface area contributed by atoms with E-state index in [0.29, 0.717) is 11.4 Å². The van der Waals surface area contributed by atoms with Crippen LogP contribution in [0.15, 0.2) is 24.3 Å². The Morgan fingerprint density at radius 1 is 1.29 bits per heavy atom. The fraction of sp³-hybridized carbons (Fsp3) is 0.538. The van der Waals surface area contributed by atoms with E-state index in [9.17, 15) is 5.11 Å². The van der Waals surface area contributed by atoms with Gasteiger partial charge < -0.3 is 10.8 Å². The summed E-state index contributed by atoms with van der Waals surface area (Å²) in [5.74, 6) is 0. The van der Waals surface area contributed by atoms with Crippen LogP contribution in [0.5, 0.6) is 0 Å². The molecule has 0 unspecified atom stereocenters. The van der Waals surface area contributed by atoms with Gasteiger partial charge in [-0.15, -0.1) is 12.4 Å². The number of hydrogen-bond donors (Lipinski definition) is 2. The van der Waals surface area contributed by atoms with Gasteiger partial charge in [0.25, 0.3) is 0 Å². The highest BCUT2D eigenvalue weighted by molar-refractivity contribution is 6.31. The first-order valence-electron chi connectivity index (χ1n) is 5.50. The first kappa shape index (κ1) is 16.7. The number of halogens is 2. The molecule has 0 aromatic heterocycles. The maximum Gasteiger partial charge on any atom is 0.0819 e. The van der Waals surface area contributed by atoms with Crippen LogP contribution in [-0.4, -0.2) is 11.1 Å². The van der Waals surface area contributed by atoms with Gasteiger partial charge >= 0.3 is 0 Å². The topological polar surface area (TPSA) is 46.2 Å². The van der Waals surface area contributed by atoms with E-state index in [2.05, 4.69) is 20.8 Å². The summed E-state index contributed by atoms with van der Waals surface area (Å²) in [4.78, 5) is 0. The molecule has 4 heteroatoms. The van der Waals surface area contributed by atoms with Crippen LogP contribution in [0.2, 0.25) is 5.02 Å². The summed E-state index contributed by atoms with van der Waals surface area (Å²) in [7, 11) is 0. The smallest absolute Gasteiger partial charge is 0.0819 e. The number of benzene rings is 1. The van der Waals surface area contributed by atoms with Crippen molar-refractivity contribution in [3.05, 3.63) is 34.9 Å². The second-order valence-corrected chi connectivity index (χ2v) is 5.65. The molecule has 0 radical (unpaired) electrons. The van der Waals surface area contributed by atoms with E-state index < -0.39 is 6.10 Å². The van der Waals surface area contributed by atoms with Crippen molar-refractivity contribution < 1.29 is 5.11 Å². The average molecular weight is 278 g/mol. The van der Waals surface area contributed by atoms with Gasteiger partial charge in [-0.05, 0) is 23.5 Å². The highest BCUT2D eigenvalue weighted by Crippen LogP contribution is 2.29.